The summed E-state index contributed by atoms with van der Waals surface area (Å²) in [6, 6.07) is 0. The molecule has 0 saturated heterocycles. The van der Waals surface area contributed by atoms with E-state index < -0.39 is 14.8 Å². The van der Waals surface area contributed by atoms with Gasteiger partial charge in [0.1, 0.15) is 6.20 Å². The van der Waals surface area contributed by atoms with E-state index in [0.29, 0.717) is 6.42 Å². The summed E-state index contributed by atoms with van der Waals surface area (Å²) < 4.78 is 24.0. The van der Waals surface area contributed by atoms with Crippen LogP contribution in [0.1, 0.15) is 12.0 Å². The highest BCUT2D eigenvalue weighted by Crippen LogP contribution is 2.30. The third kappa shape index (κ3) is 3.18. The van der Waals surface area contributed by atoms with Crippen molar-refractivity contribution in [2.75, 3.05) is 11.6 Å². The lowest BCUT2D eigenvalue weighted by Gasteiger charge is -2.07. The molecule has 0 radical (unpaired) electrons. The lowest BCUT2D eigenvalue weighted by Crippen LogP contribution is -2.11. The molecule has 1 rings (SSSR count). The molecule has 0 saturated carbocycles. The molecular formula is C9H10BrClN2O4S. The Bertz CT molecular complexity index is 576. The van der Waals surface area contributed by atoms with E-state index in [-0.39, 0.29) is 32.4 Å². The van der Waals surface area contributed by atoms with Crippen LogP contribution in [-0.4, -0.2) is 30.0 Å². The van der Waals surface area contributed by atoms with Crippen LogP contribution in [0.2, 0.25) is 0 Å². The number of nitrogens with zero attached hydrogens (tertiary/aromatic N) is 2. The van der Waals surface area contributed by atoms with E-state index in [0.717, 1.165) is 6.20 Å². The first-order valence-corrected chi connectivity index (χ1v) is 7.87. The van der Waals surface area contributed by atoms with Crippen molar-refractivity contribution in [1.82, 2.24) is 4.98 Å². The van der Waals surface area contributed by atoms with Gasteiger partial charge >= 0.3 is 0 Å². The monoisotopic (exact) mass is 356 g/mol. The fraction of sp³-hybridized carbons (Fsp3) is 0.444. The van der Waals surface area contributed by atoms with E-state index in [1.54, 1.807) is 0 Å². The highest BCUT2D eigenvalue weighted by atomic mass is 79.9. The molecule has 1 aromatic heterocycles. The first-order valence-electron chi connectivity index (χ1n) is 4.89. The number of pyridine rings is 1. The Labute approximate surface area is 118 Å². The summed E-state index contributed by atoms with van der Waals surface area (Å²) in [5.41, 5.74) is 0.0117. The van der Waals surface area contributed by atoms with Crippen molar-refractivity contribution in [1.29, 1.82) is 0 Å². The molecule has 0 spiro atoms. The van der Waals surface area contributed by atoms with Gasteiger partial charge in [0.25, 0.3) is 5.69 Å². The molecule has 0 bridgehead atoms. The molecule has 9 heteroatoms. The van der Waals surface area contributed by atoms with Crippen molar-refractivity contribution in [3.63, 3.8) is 0 Å². The van der Waals surface area contributed by atoms with Crippen molar-refractivity contribution < 1.29 is 13.3 Å². The Morgan fingerprint density at radius 1 is 1.56 bits per heavy atom. The molecule has 0 aliphatic carbocycles. The third-order valence-corrected chi connectivity index (χ3v) is 5.47. The molecule has 0 aliphatic rings. The van der Waals surface area contributed by atoms with Gasteiger partial charge in [0.15, 0.2) is 14.9 Å². The van der Waals surface area contributed by atoms with Gasteiger partial charge in [0.05, 0.1) is 15.1 Å². The molecule has 0 aromatic carbocycles. The van der Waals surface area contributed by atoms with Crippen molar-refractivity contribution in [2.45, 2.75) is 18.4 Å². The number of hydrogen-bond acceptors (Lipinski definition) is 5. The van der Waals surface area contributed by atoms with Crippen molar-refractivity contribution in [3.05, 3.63) is 26.3 Å². The Hall–Kier alpha value is -0.730. The zero-order valence-electron chi connectivity index (χ0n) is 9.39. The Kier molecular flexibility index (Phi) is 5.06. The van der Waals surface area contributed by atoms with Gasteiger partial charge in [-0.15, -0.1) is 11.6 Å². The molecule has 6 nitrogen and oxygen atoms in total. The first-order chi connectivity index (χ1) is 8.31. The zero-order chi connectivity index (χ0) is 13.9. The van der Waals surface area contributed by atoms with E-state index in [2.05, 4.69) is 20.9 Å². The SMILES string of the molecule is Cc1c([N+](=O)[O-])cnc(S(=O)(=O)CCCCl)c1Br. The van der Waals surface area contributed by atoms with Crippen LogP contribution in [0.5, 0.6) is 0 Å². The Morgan fingerprint density at radius 2 is 2.17 bits per heavy atom. The van der Waals surface area contributed by atoms with Crippen LogP contribution in [0, 0.1) is 17.0 Å². The molecule has 0 amide bonds. The zero-order valence-corrected chi connectivity index (χ0v) is 12.5. The van der Waals surface area contributed by atoms with E-state index in [4.69, 9.17) is 11.6 Å². The molecule has 100 valence electrons. The fourth-order valence-corrected chi connectivity index (χ4v) is 3.98. The van der Waals surface area contributed by atoms with Gasteiger partial charge in [-0.25, -0.2) is 13.4 Å². The summed E-state index contributed by atoms with van der Waals surface area (Å²) in [6.45, 7) is 1.46. The molecule has 1 heterocycles. The van der Waals surface area contributed by atoms with Crippen LogP contribution < -0.4 is 0 Å². The molecule has 0 unspecified atom stereocenters. The smallest absolute Gasteiger partial charge is 0.258 e. The van der Waals surface area contributed by atoms with Gasteiger partial charge in [-0.2, -0.15) is 0 Å². The van der Waals surface area contributed by atoms with Gasteiger partial charge < -0.3 is 0 Å². The predicted molar refractivity (Wildman–Crippen MR) is 70.7 cm³/mol. The summed E-state index contributed by atoms with van der Waals surface area (Å²) in [4.78, 5) is 13.7. The summed E-state index contributed by atoms with van der Waals surface area (Å²) >= 11 is 8.49. The summed E-state index contributed by atoms with van der Waals surface area (Å²) in [6.07, 6.45) is 1.25. The minimum Gasteiger partial charge on any atom is -0.258 e. The largest absolute Gasteiger partial charge is 0.291 e. The third-order valence-electron chi connectivity index (χ3n) is 2.24. The van der Waals surface area contributed by atoms with Gasteiger partial charge in [-0.3, -0.25) is 10.1 Å². The van der Waals surface area contributed by atoms with Crippen LogP contribution >= 0.6 is 27.5 Å². The first kappa shape index (κ1) is 15.3. The Morgan fingerprint density at radius 3 is 2.67 bits per heavy atom. The second-order valence-corrected chi connectivity index (χ2v) is 6.70. The number of alkyl halides is 1. The fourth-order valence-electron chi connectivity index (χ4n) is 1.29. The molecule has 0 atom stereocenters. The number of nitro groups is 1. The molecule has 0 aliphatic heterocycles. The van der Waals surface area contributed by atoms with Gasteiger partial charge in [-0.1, -0.05) is 0 Å². The van der Waals surface area contributed by atoms with Crippen LogP contribution in [0.25, 0.3) is 0 Å². The van der Waals surface area contributed by atoms with Gasteiger partial charge in [-0.05, 0) is 29.3 Å². The standard InChI is InChI=1S/C9H10BrClN2O4S/c1-6-7(13(14)15)5-12-9(8(6)10)18(16,17)4-2-3-11/h5H,2-4H2,1H3. The number of rotatable bonds is 5. The van der Waals surface area contributed by atoms with Crippen LogP contribution in [0.4, 0.5) is 5.69 Å². The van der Waals surface area contributed by atoms with Crippen LogP contribution in [-0.2, 0) is 9.84 Å². The predicted octanol–water partition coefficient (Wildman–Crippen LogP) is 2.46. The highest BCUT2D eigenvalue weighted by molar-refractivity contribution is 9.10. The average molecular weight is 358 g/mol. The van der Waals surface area contributed by atoms with E-state index in [1.807, 2.05) is 0 Å². The van der Waals surface area contributed by atoms with Crippen molar-refractivity contribution >= 4 is 43.1 Å². The van der Waals surface area contributed by atoms with Crippen molar-refractivity contribution in [3.8, 4) is 0 Å². The maximum Gasteiger partial charge on any atom is 0.291 e. The molecule has 0 fully saturated rings. The van der Waals surface area contributed by atoms with Gasteiger partial charge in [0.2, 0.25) is 0 Å². The lowest BCUT2D eigenvalue weighted by atomic mass is 10.3. The van der Waals surface area contributed by atoms with Crippen molar-refractivity contribution in [2.24, 2.45) is 0 Å². The number of hydrogen-bond donors (Lipinski definition) is 0. The van der Waals surface area contributed by atoms with Crippen LogP contribution in [0.3, 0.4) is 0 Å². The lowest BCUT2D eigenvalue weighted by molar-refractivity contribution is -0.385. The maximum absolute atomic E-state index is 11.9. The molecule has 18 heavy (non-hydrogen) atoms. The number of aromatic nitrogens is 1. The maximum atomic E-state index is 11.9. The molecule has 0 N–H and O–H groups in total. The highest BCUT2D eigenvalue weighted by Gasteiger charge is 2.25. The number of halogens is 2. The van der Waals surface area contributed by atoms with E-state index in [9.17, 15) is 18.5 Å². The average Bonchev–Trinajstić information content (AvgIpc) is 2.29. The molecule has 1 aromatic rings. The summed E-state index contributed by atoms with van der Waals surface area (Å²) in [5.74, 6) is 0.0855. The van der Waals surface area contributed by atoms with E-state index >= 15 is 0 Å². The minimum atomic E-state index is -3.58. The quantitative estimate of drug-likeness (QED) is 0.459. The minimum absolute atomic E-state index is 0.131. The Balaban J connectivity index is 3.29. The molecular weight excluding hydrogens is 348 g/mol. The normalized spacial score (nSPS) is 11.5. The topological polar surface area (TPSA) is 90.2 Å². The summed E-state index contributed by atoms with van der Waals surface area (Å²) in [5, 5.41) is 10.5. The number of sulfone groups is 1. The summed E-state index contributed by atoms with van der Waals surface area (Å²) in [7, 11) is -3.58. The van der Waals surface area contributed by atoms with Gasteiger partial charge in [0, 0.05) is 11.4 Å². The second-order valence-electron chi connectivity index (χ2n) is 3.51. The van der Waals surface area contributed by atoms with Crippen LogP contribution in [0.15, 0.2) is 15.7 Å². The second kappa shape index (κ2) is 5.94. The van der Waals surface area contributed by atoms with E-state index in [1.165, 1.54) is 6.92 Å².